The third kappa shape index (κ3) is 89.7. The van der Waals surface area contributed by atoms with Crippen LogP contribution in [0.5, 0.6) is 0 Å². The second kappa shape index (κ2) is 17.9. The van der Waals surface area contributed by atoms with E-state index in [1.807, 2.05) is 0 Å². The minimum atomic E-state index is -5.39. The number of hydrogen-bond donors (Lipinski definition) is 1. The van der Waals surface area contributed by atoms with Crippen LogP contribution in [-0.4, -0.2) is 29.3 Å². The Hall–Kier alpha value is 0.903. The van der Waals surface area contributed by atoms with E-state index in [0.29, 0.717) is 0 Å². The van der Waals surface area contributed by atoms with Gasteiger partial charge < -0.3 is 32.2 Å². The van der Waals surface area contributed by atoms with Crippen LogP contribution in [0.4, 0.5) is 0 Å². The van der Waals surface area contributed by atoms with E-state index in [1.165, 1.54) is 42.7 Å². The molecule has 7 nitrogen and oxygen atoms in total. The summed E-state index contributed by atoms with van der Waals surface area (Å²) in [4.78, 5) is 25.6. The molecule has 10 heteroatoms. The van der Waals surface area contributed by atoms with Crippen molar-refractivity contribution in [1.29, 1.82) is 0 Å². The summed E-state index contributed by atoms with van der Waals surface area (Å²) in [5, 5.41) is 0. The second-order valence-electron chi connectivity index (χ2n) is 3.16. The van der Waals surface area contributed by atoms with Gasteiger partial charge in [0.25, 0.3) is 0 Å². The number of hydrogen-bond acceptors (Lipinski definition) is 7. The Morgan fingerprint density at radius 1 is 1.06 bits per heavy atom. The first kappa shape index (κ1) is 24.0. The monoisotopic (exact) mass is 498 g/mol. The topological polar surface area (TPSA) is 141 Å². The predicted octanol–water partition coefficient (Wildman–Crippen LogP) is -0.122. The molecule has 0 unspecified atom stereocenters. The average Bonchev–Trinajstić information content (AvgIpc) is 2.14. The smallest absolute Gasteiger partial charge is 0.0495 e. The molecule has 0 fully saturated rings. The first-order valence-electron chi connectivity index (χ1n) is 5.27. The van der Waals surface area contributed by atoms with E-state index in [0.717, 1.165) is 0 Å². The Labute approximate surface area is 125 Å². The van der Waals surface area contributed by atoms with Crippen LogP contribution in [0.1, 0.15) is 45.4 Å². The van der Waals surface area contributed by atoms with E-state index in [9.17, 15) is 0 Å². The quantitative estimate of drug-likeness (QED) is 0.134. The van der Waals surface area contributed by atoms with Gasteiger partial charge in [0.15, 0.2) is 0 Å². The summed E-state index contributed by atoms with van der Waals surface area (Å²) in [6.45, 7) is 2.27. The minimum absolute atomic E-state index is 1.37. The van der Waals surface area contributed by atoms with E-state index in [2.05, 4.69) is 6.92 Å². The SMILES string of the molecule is CCCCCCC[CH2][Bi].O=P([O-])([O-])[O-].O=[S-](=O)O. The molecule has 0 aromatic rings. The number of phosphoric acid groups is 1. The molecule has 0 aliphatic carbocycles. The summed E-state index contributed by atoms with van der Waals surface area (Å²) in [6.07, 6.45) is 8.73. The fourth-order valence-electron chi connectivity index (χ4n) is 0.892. The molecule has 0 spiro atoms. The van der Waals surface area contributed by atoms with Gasteiger partial charge in [0.05, 0.1) is 0 Å². The third-order valence-electron chi connectivity index (χ3n) is 1.51. The van der Waals surface area contributed by atoms with Crippen molar-refractivity contribution in [2.45, 2.75) is 49.6 Å². The van der Waals surface area contributed by atoms with Crippen LogP contribution in [-0.2, 0) is 24.0 Å². The number of unbranched alkanes of at least 4 members (excludes halogenated alkanes) is 5. The molecule has 0 saturated carbocycles. The van der Waals surface area contributed by atoms with Gasteiger partial charge in [-0.3, -0.25) is 0 Å². The van der Waals surface area contributed by atoms with E-state index in [1.54, 1.807) is 24.7 Å². The molecule has 0 bridgehead atoms. The maximum Gasteiger partial charge on any atom is 0.0495 e. The molecular formula is C8H18BiO7PS-4. The zero-order valence-corrected chi connectivity index (χ0v) is 15.3. The normalized spacial score (nSPS) is 10.2. The number of rotatable bonds is 6. The van der Waals surface area contributed by atoms with Crippen molar-refractivity contribution in [3.8, 4) is 0 Å². The summed E-state index contributed by atoms with van der Waals surface area (Å²) >= 11 is 1.58. The van der Waals surface area contributed by atoms with Gasteiger partial charge in [0.1, 0.15) is 0 Å². The van der Waals surface area contributed by atoms with Crippen molar-refractivity contribution in [3.05, 3.63) is 0 Å². The zero-order chi connectivity index (χ0) is 15.0. The molecule has 0 atom stereocenters. The van der Waals surface area contributed by atoms with Gasteiger partial charge in [-0.05, 0) is 0 Å². The fraction of sp³-hybridized carbons (Fsp3) is 1.00. The molecule has 0 amide bonds. The molecule has 0 heterocycles. The van der Waals surface area contributed by atoms with Crippen LogP contribution >= 0.6 is 7.82 Å². The fourth-order valence-corrected chi connectivity index (χ4v) is 1.76. The third-order valence-corrected chi connectivity index (χ3v) is 2.74. The zero-order valence-electron chi connectivity index (χ0n) is 10.1. The molecule has 0 saturated heterocycles. The van der Waals surface area contributed by atoms with Crippen molar-refractivity contribution in [1.82, 2.24) is 0 Å². The van der Waals surface area contributed by atoms with Gasteiger partial charge in [-0.2, -0.15) is 7.82 Å². The molecule has 0 aliphatic heterocycles. The molecular weight excluding hydrogens is 480 g/mol. The van der Waals surface area contributed by atoms with Gasteiger partial charge >= 0.3 is 74.3 Å². The van der Waals surface area contributed by atoms with Crippen molar-refractivity contribution in [2.24, 2.45) is 0 Å². The maximum absolute atomic E-state index is 8.56. The molecule has 0 aromatic carbocycles. The Morgan fingerprint density at radius 2 is 1.33 bits per heavy atom. The second-order valence-corrected chi connectivity index (χ2v) is 6.22. The summed E-state index contributed by atoms with van der Waals surface area (Å²) in [5.74, 6) is 0. The maximum atomic E-state index is 8.56. The molecule has 112 valence electrons. The van der Waals surface area contributed by atoms with Crippen molar-refractivity contribution < 1.29 is 32.2 Å². The van der Waals surface area contributed by atoms with Gasteiger partial charge in [0, 0.05) is 11.0 Å². The van der Waals surface area contributed by atoms with E-state index in [-0.39, 0.29) is 0 Å². The van der Waals surface area contributed by atoms with E-state index >= 15 is 0 Å². The van der Waals surface area contributed by atoms with Crippen LogP contribution < -0.4 is 14.7 Å². The molecule has 0 aromatic heterocycles. The van der Waals surface area contributed by atoms with E-state index < -0.39 is 18.8 Å². The van der Waals surface area contributed by atoms with Gasteiger partial charge in [0.2, 0.25) is 0 Å². The van der Waals surface area contributed by atoms with Crippen LogP contribution in [0.15, 0.2) is 0 Å². The average molecular weight is 498 g/mol. The van der Waals surface area contributed by atoms with Gasteiger partial charge in [-0.15, -0.1) is 0 Å². The summed E-state index contributed by atoms with van der Waals surface area (Å²) in [7, 11) is -8.25. The predicted molar refractivity (Wildman–Crippen MR) is 62.9 cm³/mol. The standard InChI is InChI=1S/C8H17.Bi.H3O4P.HO3S/c1-3-5-7-8-6-4-2;;1-5(2,3)4;1-4(2)3/h1,3-8H2,2H3;;(H3,1,2,3,4);(H,1,2,3)/q;;;-1/p-3. The Balaban J connectivity index is -0.000000212. The molecule has 2 radical (unpaired) electrons. The summed E-state index contributed by atoms with van der Waals surface area (Å²) in [6, 6.07) is 0. The van der Waals surface area contributed by atoms with Crippen molar-refractivity contribution in [2.75, 3.05) is 0 Å². The van der Waals surface area contributed by atoms with Crippen LogP contribution in [0.25, 0.3) is 0 Å². The van der Waals surface area contributed by atoms with Crippen molar-refractivity contribution in [3.63, 3.8) is 0 Å². The first-order valence-corrected chi connectivity index (χ1v) is 10.2. The van der Waals surface area contributed by atoms with Crippen LogP contribution in [0, 0.1) is 0 Å². The van der Waals surface area contributed by atoms with Crippen LogP contribution in [0.3, 0.4) is 0 Å². The van der Waals surface area contributed by atoms with Crippen LogP contribution in [0.2, 0.25) is 4.13 Å². The Morgan fingerprint density at radius 3 is 1.61 bits per heavy atom. The first-order chi connectivity index (χ1) is 8.15. The molecule has 0 aliphatic rings. The largest absolute Gasteiger partial charge is 0.822 e. The molecule has 1 N–H and O–H groups in total. The Bertz CT molecular complexity index is 244. The summed E-state index contributed by atoms with van der Waals surface area (Å²) in [5.41, 5.74) is 0. The van der Waals surface area contributed by atoms with Gasteiger partial charge in [-0.1, -0.05) is 0 Å². The molecule has 18 heavy (non-hydrogen) atoms. The van der Waals surface area contributed by atoms with E-state index in [4.69, 9.17) is 32.2 Å². The Kier molecular flexibility index (Phi) is 23.8. The van der Waals surface area contributed by atoms with Gasteiger partial charge in [-0.25, -0.2) is 0 Å². The summed E-state index contributed by atoms with van der Waals surface area (Å²) < 4.78 is 34.1. The van der Waals surface area contributed by atoms with Crippen molar-refractivity contribution >= 4 is 43.5 Å². The minimum Gasteiger partial charge on any atom is -0.822 e. The molecule has 0 rings (SSSR count).